The van der Waals surface area contributed by atoms with Crippen molar-refractivity contribution in [3.05, 3.63) is 58.9 Å². The second kappa shape index (κ2) is 7.64. The van der Waals surface area contributed by atoms with Crippen molar-refractivity contribution in [3.8, 4) is 6.01 Å². The van der Waals surface area contributed by atoms with Gasteiger partial charge >= 0.3 is 6.01 Å². The van der Waals surface area contributed by atoms with E-state index in [0.717, 1.165) is 43.9 Å². The highest BCUT2D eigenvalue weighted by Gasteiger charge is 2.23. The summed E-state index contributed by atoms with van der Waals surface area (Å²) in [4.78, 5) is 11.9. The number of rotatable bonds is 4. The molecule has 0 amide bonds. The SMILES string of the molecule is Cc1nc(OC[C@@H]2CCCN2)nc2c1CCN(c1cccc3cccc(C)c13)C2. The third-order valence-electron chi connectivity index (χ3n) is 6.26. The molecule has 0 aliphatic carbocycles. The maximum absolute atomic E-state index is 5.96. The summed E-state index contributed by atoms with van der Waals surface area (Å²) in [7, 11) is 0. The van der Waals surface area contributed by atoms with E-state index < -0.39 is 0 Å². The lowest BCUT2D eigenvalue weighted by molar-refractivity contribution is 0.255. The number of nitrogens with one attached hydrogen (secondary N) is 1. The van der Waals surface area contributed by atoms with Crippen LogP contribution in [0.5, 0.6) is 6.01 Å². The second-order valence-electron chi connectivity index (χ2n) is 8.24. The fraction of sp³-hybridized carbons (Fsp3) is 0.417. The highest BCUT2D eigenvalue weighted by Crippen LogP contribution is 2.33. The zero-order valence-electron chi connectivity index (χ0n) is 17.2. The van der Waals surface area contributed by atoms with E-state index in [1.54, 1.807) is 0 Å². The van der Waals surface area contributed by atoms with Crippen LogP contribution in [0.15, 0.2) is 36.4 Å². The lowest BCUT2D eigenvalue weighted by Gasteiger charge is -2.32. The average molecular weight is 389 g/mol. The largest absolute Gasteiger partial charge is 0.462 e. The Morgan fingerprint density at radius 3 is 2.83 bits per heavy atom. The van der Waals surface area contributed by atoms with E-state index in [-0.39, 0.29) is 0 Å². The summed E-state index contributed by atoms with van der Waals surface area (Å²) in [6, 6.07) is 14.0. The Hall–Kier alpha value is -2.66. The van der Waals surface area contributed by atoms with Crippen molar-refractivity contribution in [1.29, 1.82) is 0 Å². The standard InChI is InChI=1S/C24H28N4O/c1-16-6-3-7-18-8-4-10-22(23(16)18)28-13-11-20-17(2)26-24(27-21(20)14-28)29-15-19-9-5-12-25-19/h3-4,6-8,10,19,25H,5,9,11-15H2,1-2H3/t19-/m0/s1. The van der Waals surface area contributed by atoms with Gasteiger partial charge in [0.2, 0.25) is 0 Å². The third kappa shape index (κ3) is 3.55. The minimum absolute atomic E-state index is 0.421. The molecule has 1 fully saturated rings. The van der Waals surface area contributed by atoms with Crippen LogP contribution in [0.2, 0.25) is 0 Å². The topological polar surface area (TPSA) is 50.3 Å². The van der Waals surface area contributed by atoms with Gasteiger partial charge in [0.15, 0.2) is 0 Å². The molecule has 1 atom stereocenters. The number of hydrogen-bond acceptors (Lipinski definition) is 5. The highest BCUT2D eigenvalue weighted by molar-refractivity contribution is 5.96. The molecule has 5 heteroatoms. The van der Waals surface area contributed by atoms with Crippen molar-refractivity contribution in [1.82, 2.24) is 15.3 Å². The summed E-state index contributed by atoms with van der Waals surface area (Å²) in [5.41, 5.74) is 6.04. The predicted octanol–water partition coefficient (Wildman–Crippen LogP) is 3.94. The molecule has 1 saturated heterocycles. The first kappa shape index (κ1) is 18.4. The Morgan fingerprint density at radius 1 is 1.14 bits per heavy atom. The smallest absolute Gasteiger partial charge is 0.316 e. The Bertz CT molecular complexity index is 1040. The minimum Gasteiger partial charge on any atom is -0.462 e. The number of ether oxygens (including phenoxy) is 1. The monoisotopic (exact) mass is 388 g/mol. The van der Waals surface area contributed by atoms with Crippen LogP contribution in [0.1, 0.15) is 35.4 Å². The van der Waals surface area contributed by atoms with E-state index in [4.69, 9.17) is 9.72 Å². The van der Waals surface area contributed by atoms with Gasteiger partial charge in [0, 0.05) is 29.4 Å². The average Bonchev–Trinajstić information content (AvgIpc) is 3.25. The van der Waals surface area contributed by atoms with Gasteiger partial charge in [-0.05, 0) is 62.2 Å². The van der Waals surface area contributed by atoms with Gasteiger partial charge in [0.1, 0.15) is 6.61 Å². The lowest BCUT2D eigenvalue weighted by Crippen LogP contribution is -2.33. The molecule has 2 aromatic carbocycles. The first-order chi connectivity index (χ1) is 14.2. The molecule has 0 radical (unpaired) electrons. The van der Waals surface area contributed by atoms with E-state index in [9.17, 15) is 0 Å². The van der Waals surface area contributed by atoms with Crippen molar-refractivity contribution in [2.45, 2.75) is 45.7 Å². The number of fused-ring (bicyclic) bond motifs is 2. The summed E-state index contributed by atoms with van der Waals surface area (Å²) in [6.07, 6.45) is 3.35. The van der Waals surface area contributed by atoms with Gasteiger partial charge in [-0.1, -0.05) is 30.3 Å². The quantitative estimate of drug-likeness (QED) is 0.734. The van der Waals surface area contributed by atoms with Crippen LogP contribution in [0, 0.1) is 13.8 Å². The first-order valence-electron chi connectivity index (χ1n) is 10.6. The molecular formula is C24H28N4O. The predicted molar refractivity (Wildman–Crippen MR) is 117 cm³/mol. The van der Waals surface area contributed by atoms with E-state index in [1.807, 2.05) is 0 Å². The van der Waals surface area contributed by atoms with Gasteiger partial charge in [0.25, 0.3) is 0 Å². The Balaban J connectivity index is 1.43. The molecule has 0 saturated carbocycles. The molecular weight excluding hydrogens is 360 g/mol. The fourth-order valence-corrected chi connectivity index (χ4v) is 4.70. The van der Waals surface area contributed by atoms with Gasteiger partial charge < -0.3 is 15.0 Å². The van der Waals surface area contributed by atoms with Crippen LogP contribution in [-0.2, 0) is 13.0 Å². The van der Waals surface area contributed by atoms with E-state index in [1.165, 1.54) is 34.0 Å². The van der Waals surface area contributed by atoms with Crippen LogP contribution >= 0.6 is 0 Å². The number of hydrogen-bond donors (Lipinski definition) is 1. The van der Waals surface area contributed by atoms with E-state index >= 15 is 0 Å². The zero-order valence-corrected chi connectivity index (χ0v) is 17.2. The van der Waals surface area contributed by atoms with E-state index in [0.29, 0.717) is 18.7 Å². The Morgan fingerprint density at radius 2 is 2.00 bits per heavy atom. The summed E-state index contributed by atoms with van der Waals surface area (Å²) < 4.78 is 5.96. The highest BCUT2D eigenvalue weighted by atomic mass is 16.5. The van der Waals surface area contributed by atoms with Crippen LogP contribution in [-0.4, -0.2) is 35.7 Å². The lowest BCUT2D eigenvalue weighted by atomic mass is 9.99. The molecule has 3 heterocycles. The third-order valence-corrected chi connectivity index (χ3v) is 6.26. The molecule has 5 rings (SSSR count). The molecule has 0 bridgehead atoms. The van der Waals surface area contributed by atoms with Crippen LogP contribution in [0.25, 0.3) is 10.8 Å². The molecule has 0 unspecified atom stereocenters. The molecule has 150 valence electrons. The van der Waals surface area contributed by atoms with Crippen LogP contribution in [0.4, 0.5) is 5.69 Å². The normalized spacial score (nSPS) is 18.8. The molecule has 2 aliphatic rings. The van der Waals surface area contributed by atoms with Gasteiger partial charge in [-0.25, -0.2) is 4.98 Å². The zero-order chi connectivity index (χ0) is 19.8. The molecule has 3 aromatic rings. The number of benzene rings is 2. The molecule has 1 N–H and O–H groups in total. The summed E-state index contributed by atoms with van der Waals surface area (Å²) in [6.45, 7) is 7.78. The van der Waals surface area contributed by atoms with Gasteiger partial charge in [0.05, 0.1) is 12.2 Å². The number of nitrogens with zero attached hydrogens (tertiary/aromatic N) is 3. The fourth-order valence-electron chi connectivity index (χ4n) is 4.70. The van der Waals surface area contributed by atoms with Gasteiger partial charge in [-0.3, -0.25) is 0 Å². The molecule has 2 aliphatic heterocycles. The van der Waals surface area contributed by atoms with E-state index in [2.05, 4.69) is 65.4 Å². The maximum atomic E-state index is 5.96. The maximum Gasteiger partial charge on any atom is 0.316 e. The van der Waals surface area contributed by atoms with Crippen molar-refractivity contribution in [2.24, 2.45) is 0 Å². The molecule has 1 aromatic heterocycles. The minimum atomic E-state index is 0.421. The number of aryl methyl sites for hydroxylation is 2. The summed E-state index contributed by atoms with van der Waals surface area (Å²) in [5.74, 6) is 0. The molecule has 0 spiro atoms. The van der Waals surface area contributed by atoms with Gasteiger partial charge in [-0.2, -0.15) is 4.98 Å². The Kier molecular flexibility index (Phi) is 4.84. The van der Waals surface area contributed by atoms with Crippen molar-refractivity contribution < 1.29 is 4.74 Å². The van der Waals surface area contributed by atoms with Crippen LogP contribution in [0.3, 0.4) is 0 Å². The molecule has 5 nitrogen and oxygen atoms in total. The van der Waals surface area contributed by atoms with Gasteiger partial charge in [-0.15, -0.1) is 0 Å². The Labute approximate surface area is 172 Å². The first-order valence-corrected chi connectivity index (χ1v) is 10.6. The second-order valence-corrected chi connectivity index (χ2v) is 8.24. The number of aromatic nitrogens is 2. The van der Waals surface area contributed by atoms with Crippen molar-refractivity contribution in [3.63, 3.8) is 0 Å². The molecule has 29 heavy (non-hydrogen) atoms. The summed E-state index contributed by atoms with van der Waals surface area (Å²) in [5, 5.41) is 6.10. The summed E-state index contributed by atoms with van der Waals surface area (Å²) >= 11 is 0. The number of anilines is 1. The van der Waals surface area contributed by atoms with Crippen molar-refractivity contribution in [2.75, 3.05) is 24.6 Å². The van der Waals surface area contributed by atoms with Crippen LogP contribution < -0.4 is 15.0 Å². The van der Waals surface area contributed by atoms with Crippen molar-refractivity contribution >= 4 is 16.5 Å².